The number of hydrogen-bond donors (Lipinski definition) is 2. The number of rotatable bonds is 7. The van der Waals surface area contributed by atoms with Crippen LogP contribution < -0.4 is 10.6 Å². The highest BCUT2D eigenvalue weighted by Gasteiger charge is 2.38. The van der Waals surface area contributed by atoms with Crippen LogP contribution in [-0.2, 0) is 7.05 Å². The first kappa shape index (κ1) is 23.8. The third kappa shape index (κ3) is 4.53. The molecule has 2 amide bonds. The maximum Gasteiger partial charge on any atom is 0.260 e. The van der Waals surface area contributed by atoms with Crippen molar-refractivity contribution >= 4 is 33.7 Å². The zero-order valence-electron chi connectivity index (χ0n) is 21.2. The highest BCUT2D eigenvalue weighted by molar-refractivity contribution is 7.21. The number of amides is 2. The minimum atomic E-state index is -0.294. The number of fused-ring (bicyclic) bond motifs is 2. The Morgan fingerprint density at radius 3 is 2.57 bits per heavy atom. The summed E-state index contributed by atoms with van der Waals surface area (Å²) in [7, 11) is 1.88. The number of nitrogens with zero attached hydrogens (tertiary/aromatic N) is 6. The standard InChI is InChI=1S/C26H30N8O2S/c1-15-21(13-32(3)31-15)23-14-34-26(37-23)20(10-29-34)25(36)30-22-8-19(9-28-16(22)2)24(35)27-6-7-33-11-17-4-5-18(17)12-33/h8-10,13-14,17-18H,4-7,11-12H2,1-3H3,(H,27,35)(H,30,36). The van der Waals surface area contributed by atoms with E-state index in [1.54, 1.807) is 34.6 Å². The largest absolute Gasteiger partial charge is 0.351 e. The zero-order chi connectivity index (χ0) is 25.7. The molecular formula is C26H30N8O2S. The van der Waals surface area contributed by atoms with Gasteiger partial charge in [0.15, 0.2) is 0 Å². The molecule has 1 saturated carbocycles. The van der Waals surface area contributed by atoms with E-state index in [0.717, 1.165) is 52.4 Å². The second-order valence-corrected chi connectivity index (χ2v) is 11.2. The Kier molecular flexibility index (Phi) is 6.04. The fraction of sp³-hybridized carbons (Fsp3) is 0.423. The highest BCUT2D eigenvalue weighted by Crippen LogP contribution is 2.40. The molecule has 6 rings (SSSR count). The minimum Gasteiger partial charge on any atom is -0.351 e. The van der Waals surface area contributed by atoms with Crippen LogP contribution in [0.4, 0.5) is 5.69 Å². The van der Waals surface area contributed by atoms with E-state index in [1.807, 2.05) is 26.4 Å². The maximum absolute atomic E-state index is 13.2. The lowest BCUT2D eigenvalue weighted by Gasteiger charge is -2.28. The van der Waals surface area contributed by atoms with Crippen molar-refractivity contribution in [2.24, 2.45) is 18.9 Å². The molecule has 10 nitrogen and oxygen atoms in total. The van der Waals surface area contributed by atoms with Crippen molar-refractivity contribution in [2.75, 3.05) is 31.5 Å². The van der Waals surface area contributed by atoms with Crippen LogP contribution in [0.2, 0.25) is 0 Å². The first-order chi connectivity index (χ1) is 17.9. The summed E-state index contributed by atoms with van der Waals surface area (Å²) in [6, 6.07) is 1.69. The molecule has 2 aliphatic rings. The van der Waals surface area contributed by atoms with Crippen LogP contribution in [0.1, 0.15) is 44.9 Å². The van der Waals surface area contributed by atoms with Gasteiger partial charge in [0.25, 0.3) is 11.8 Å². The summed E-state index contributed by atoms with van der Waals surface area (Å²) in [5.41, 5.74) is 3.97. The van der Waals surface area contributed by atoms with Gasteiger partial charge in [0, 0.05) is 57.4 Å². The number of carbonyl (C=O) groups is 2. The molecule has 1 aliphatic carbocycles. The Bertz CT molecular complexity index is 1490. The van der Waals surface area contributed by atoms with Gasteiger partial charge in [0.2, 0.25) is 0 Å². The number of pyridine rings is 1. The van der Waals surface area contributed by atoms with E-state index in [1.165, 1.54) is 24.2 Å². The summed E-state index contributed by atoms with van der Waals surface area (Å²) in [6.07, 6.45) is 9.67. The Labute approximate surface area is 218 Å². The first-order valence-electron chi connectivity index (χ1n) is 12.6. The fourth-order valence-corrected chi connectivity index (χ4v) is 6.47. The normalized spacial score (nSPS) is 19.1. The zero-order valence-corrected chi connectivity index (χ0v) is 22.0. The van der Waals surface area contributed by atoms with E-state index >= 15 is 0 Å². The van der Waals surface area contributed by atoms with Crippen molar-refractivity contribution in [3.8, 4) is 10.4 Å². The van der Waals surface area contributed by atoms with Gasteiger partial charge >= 0.3 is 0 Å². The predicted molar refractivity (Wildman–Crippen MR) is 142 cm³/mol. The quantitative estimate of drug-likeness (QED) is 0.389. The Hall–Kier alpha value is -3.57. The number of nitrogens with one attached hydrogen (secondary N) is 2. The Morgan fingerprint density at radius 2 is 1.86 bits per heavy atom. The van der Waals surface area contributed by atoms with Crippen molar-refractivity contribution in [3.05, 3.63) is 53.4 Å². The molecular weight excluding hydrogens is 488 g/mol. The van der Waals surface area contributed by atoms with Crippen LogP contribution >= 0.6 is 11.3 Å². The molecule has 2 atom stereocenters. The predicted octanol–water partition coefficient (Wildman–Crippen LogP) is 3.13. The lowest BCUT2D eigenvalue weighted by Crippen LogP contribution is -2.34. The van der Waals surface area contributed by atoms with Crippen molar-refractivity contribution in [1.82, 2.24) is 34.6 Å². The molecule has 0 bridgehead atoms. The van der Waals surface area contributed by atoms with Gasteiger partial charge in [-0.1, -0.05) is 0 Å². The molecule has 5 heterocycles. The average molecular weight is 519 g/mol. The number of thiazole rings is 1. The summed E-state index contributed by atoms with van der Waals surface area (Å²) in [5, 5.41) is 14.7. The maximum atomic E-state index is 13.2. The lowest BCUT2D eigenvalue weighted by molar-refractivity contribution is 0.0948. The SMILES string of the molecule is Cc1ncc(C(=O)NCCN2CC3CCC3C2)cc1NC(=O)c1cnn2cc(-c3cn(C)nc3C)sc12. The molecule has 1 aliphatic heterocycles. The van der Waals surface area contributed by atoms with Gasteiger partial charge in [0.1, 0.15) is 4.83 Å². The fourth-order valence-electron chi connectivity index (χ4n) is 5.35. The highest BCUT2D eigenvalue weighted by atomic mass is 32.1. The molecule has 0 aromatic carbocycles. The summed E-state index contributed by atoms with van der Waals surface area (Å²) < 4.78 is 3.48. The van der Waals surface area contributed by atoms with Crippen molar-refractivity contribution in [2.45, 2.75) is 26.7 Å². The monoisotopic (exact) mass is 518 g/mol. The van der Waals surface area contributed by atoms with Gasteiger partial charge in [-0.05, 0) is 44.6 Å². The molecule has 2 N–H and O–H groups in total. The first-order valence-corrected chi connectivity index (χ1v) is 13.4. The summed E-state index contributed by atoms with van der Waals surface area (Å²) in [6.45, 7) is 7.53. The van der Waals surface area contributed by atoms with E-state index in [0.29, 0.717) is 29.1 Å². The molecule has 37 heavy (non-hydrogen) atoms. The van der Waals surface area contributed by atoms with Gasteiger partial charge in [-0.2, -0.15) is 10.2 Å². The topological polar surface area (TPSA) is 109 Å². The van der Waals surface area contributed by atoms with E-state index in [-0.39, 0.29) is 11.8 Å². The molecule has 192 valence electrons. The summed E-state index contributed by atoms with van der Waals surface area (Å²) in [4.78, 5) is 34.5. The molecule has 2 fully saturated rings. The summed E-state index contributed by atoms with van der Waals surface area (Å²) >= 11 is 1.49. The van der Waals surface area contributed by atoms with Gasteiger partial charge < -0.3 is 15.5 Å². The third-order valence-corrected chi connectivity index (χ3v) is 8.74. The van der Waals surface area contributed by atoms with E-state index < -0.39 is 0 Å². The average Bonchev–Trinajstić information content (AvgIpc) is 3.59. The molecule has 11 heteroatoms. The lowest BCUT2D eigenvalue weighted by atomic mass is 9.77. The number of aromatic nitrogens is 5. The van der Waals surface area contributed by atoms with Crippen molar-refractivity contribution in [1.29, 1.82) is 0 Å². The number of anilines is 1. The number of aryl methyl sites for hydroxylation is 3. The molecule has 1 saturated heterocycles. The third-order valence-electron chi connectivity index (χ3n) is 7.59. The Balaban J connectivity index is 1.13. The molecule has 4 aromatic rings. The van der Waals surface area contributed by atoms with E-state index in [2.05, 4.69) is 30.7 Å². The second-order valence-electron chi connectivity index (χ2n) is 10.1. The van der Waals surface area contributed by atoms with Gasteiger partial charge in [-0.25, -0.2) is 4.52 Å². The van der Waals surface area contributed by atoms with Crippen LogP contribution in [0, 0.1) is 25.7 Å². The van der Waals surface area contributed by atoms with E-state index in [9.17, 15) is 9.59 Å². The smallest absolute Gasteiger partial charge is 0.260 e. The Morgan fingerprint density at radius 1 is 1.08 bits per heavy atom. The molecule has 4 aromatic heterocycles. The van der Waals surface area contributed by atoms with Crippen LogP contribution in [0.25, 0.3) is 15.3 Å². The molecule has 0 radical (unpaired) electrons. The number of carbonyl (C=O) groups excluding carboxylic acids is 2. The molecule has 2 unspecified atom stereocenters. The van der Waals surface area contributed by atoms with Gasteiger partial charge in [-0.15, -0.1) is 11.3 Å². The summed E-state index contributed by atoms with van der Waals surface area (Å²) in [5.74, 6) is 1.24. The van der Waals surface area contributed by atoms with Crippen molar-refractivity contribution in [3.63, 3.8) is 0 Å². The van der Waals surface area contributed by atoms with E-state index in [4.69, 9.17) is 0 Å². The number of hydrogen-bond acceptors (Lipinski definition) is 7. The van der Waals surface area contributed by atoms with Crippen LogP contribution in [0.3, 0.4) is 0 Å². The van der Waals surface area contributed by atoms with Gasteiger partial charge in [0.05, 0.1) is 39.3 Å². The second kappa shape index (κ2) is 9.38. The van der Waals surface area contributed by atoms with Crippen LogP contribution in [0.5, 0.6) is 0 Å². The number of likely N-dealkylation sites (tertiary alicyclic amines) is 1. The minimum absolute atomic E-state index is 0.187. The van der Waals surface area contributed by atoms with Crippen LogP contribution in [0.15, 0.2) is 30.9 Å². The van der Waals surface area contributed by atoms with Crippen LogP contribution in [-0.4, -0.2) is 67.3 Å². The van der Waals surface area contributed by atoms with Crippen molar-refractivity contribution < 1.29 is 9.59 Å². The van der Waals surface area contributed by atoms with Gasteiger partial charge in [-0.3, -0.25) is 19.3 Å². The molecule has 0 spiro atoms.